The van der Waals surface area contributed by atoms with Crippen molar-refractivity contribution in [3.63, 3.8) is 0 Å². The summed E-state index contributed by atoms with van der Waals surface area (Å²) in [5.41, 5.74) is 1.08. The van der Waals surface area contributed by atoms with Gasteiger partial charge in [0.15, 0.2) is 0 Å². The molecule has 0 aliphatic heterocycles. The molecular formula is C12H17N3O. The van der Waals surface area contributed by atoms with Crippen molar-refractivity contribution in [3.8, 4) is 0 Å². The van der Waals surface area contributed by atoms with E-state index in [2.05, 4.69) is 22.4 Å². The van der Waals surface area contributed by atoms with Gasteiger partial charge in [-0.3, -0.25) is 9.89 Å². The summed E-state index contributed by atoms with van der Waals surface area (Å²) in [7, 11) is 0. The highest BCUT2D eigenvalue weighted by molar-refractivity contribution is 5.94. The van der Waals surface area contributed by atoms with Crippen LogP contribution in [0.5, 0.6) is 0 Å². The van der Waals surface area contributed by atoms with Crippen molar-refractivity contribution >= 4 is 11.7 Å². The molecule has 16 heavy (non-hydrogen) atoms. The van der Waals surface area contributed by atoms with Gasteiger partial charge >= 0.3 is 0 Å². The summed E-state index contributed by atoms with van der Waals surface area (Å²) in [4.78, 5) is 12.0. The Bertz CT molecular complexity index is 402. The average molecular weight is 219 g/mol. The number of carbonyl (C=O) groups excluding carboxylic acids is 1. The molecule has 2 N–H and O–H groups in total. The molecule has 86 valence electrons. The van der Waals surface area contributed by atoms with E-state index in [9.17, 15) is 4.79 Å². The Kier molecular flexibility index (Phi) is 2.23. The predicted molar refractivity (Wildman–Crippen MR) is 60.9 cm³/mol. The second kappa shape index (κ2) is 3.61. The van der Waals surface area contributed by atoms with Gasteiger partial charge in [0.25, 0.3) is 0 Å². The first-order chi connectivity index (χ1) is 7.81. The van der Waals surface area contributed by atoms with Gasteiger partial charge < -0.3 is 5.32 Å². The topological polar surface area (TPSA) is 57.8 Å². The number of carbonyl (C=O) groups is 1. The first-order valence-electron chi connectivity index (χ1n) is 6.14. The molecule has 0 saturated heterocycles. The lowest BCUT2D eigenvalue weighted by Crippen LogP contribution is -2.17. The predicted octanol–water partition coefficient (Wildman–Crippen LogP) is 1.96. The summed E-state index contributed by atoms with van der Waals surface area (Å²) in [6.07, 6.45) is 6.47. The normalized spacial score (nSPS) is 31.2. The number of fused-ring (bicyclic) bond motifs is 1. The third-order valence-corrected chi connectivity index (χ3v) is 4.06. The van der Waals surface area contributed by atoms with Crippen LogP contribution in [0.1, 0.15) is 31.7 Å². The Morgan fingerprint density at radius 1 is 1.56 bits per heavy atom. The minimum Gasteiger partial charge on any atom is -0.311 e. The second-order valence-electron chi connectivity index (χ2n) is 4.90. The zero-order valence-corrected chi connectivity index (χ0v) is 9.49. The average Bonchev–Trinajstić information content (AvgIpc) is 2.71. The fourth-order valence-corrected chi connectivity index (χ4v) is 3.10. The molecule has 0 spiro atoms. The van der Waals surface area contributed by atoms with Gasteiger partial charge in [-0.1, -0.05) is 13.3 Å². The lowest BCUT2D eigenvalue weighted by molar-refractivity contribution is -0.118. The van der Waals surface area contributed by atoms with Crippen LogP contribution in [0.4, 0.5) is 5.82 Å². The number of H-pyrrole nitrogens is 1. The van der Waals surface area contributed by atoms with Crippen LogP contribution in [0.15, 0.2) is 6.20 Å². The number of aryl methyl sites for hydroxylation is 1. The molecule has 1 aromatic rings. The smallest absolute Gasteiger partial charge is 0.229 e. The van der Waals surface area contributed by atoms with E-state index in [0.29, 0.717) is 11.8 Å². The molecule has 2 atom stereocenters. The van der Waals surface area contributed by atoms with Gasteiger partial charge in [0.1, 0.15) is 5.82 Å². The van der Waals surface area contributed by atoms with E-state index in [-0.39, 0.29) is 11.8 Å². The molecule has 1 amide bonds. The molecule has 1 aromatic heterocycles. The summed E-state index contributed by atoms with van der Waals surface area (Å²) in [6, 6.07) is 0. The SMILES string of the molecule is CCc1cn[nH]c1NC(=O)C1C2CCCC21. The molecule has 1 heterocycles. The van der Waals surface area contributed by atoms with Gasteiger partial charge in [0.2, 0.25) is 5.91 Å². The minimum atomic E-state index is 0.189. The van der Waals surface area contributed by atoms with Crippen molar-refractivity contribution in [2.75, 3.05) is 5.32 Å². The number of anilines is 1. The van der Waals surface area contributed by atoms with E-state index in [1.807, 2.05) is 0 Å². The van der Waals surface area contributed by atoms with Crippen molar-refractivity contribution < 1.29 is 4.79 Å². The quantitative estimate of drug-likeness (QED) is 0.816. The molecule has 2 unspecified atom stereocenters. The van der Waals surface area contributed by atoms with Gasteiger partial charge in [-0.25, -0.2) is 0 Å². The Balaban J connectivity index is 1.65. The Hall–Kier alpha value is -1.32. The molecule has 3 rings (SSSR count). The summed E-state index contributed by atoms with van der Waals surface area (Å²) in [5.74, 6) is 2.61. The molecule has 4 nitrogen and oxygen atoms in total. The molecule has 0 aromatic carbocycles. The maximum Gasteiger partial charge on any atom is 0.229 e. The number of hydrogen-bond acceptors (Lipinski definition) is 2. The fourth-order valence-electron chi connectivity index (χ4n) is 3.10. The zero-order valence-electron chi connectivity index (χ0n) is 9.49. The van der Waals surface area contributed by atoms with Crippen LogP contribution < -0.4 is 5.32 Å². The van der Waals surface area contributed by atoms with Gasteiger partial charge in [0, 0.05) is 11.5 Å². The van der Waals surface area contributed by atoms with Crippen LogP contribution in [0.3, 0.4) is 0 Å². The number of nitrogens with one attached hydrogen (secondary N) is 2. The van der Waals surface area contributed by atoms with Crippen molar-refractivity contribution in [2.24, 2.45) is 17.8 Å². The summed E-state index contributed by atoms with van der Waals surface area (Å²) in [5, 5.41) is 9.79. The second-order valence-corrected chi connectivity index (χ2v) is 4.90. The summed E-state index contributed by atoms with van der Waals surface area (Å²) in [6.45, 7) is 2.06. The molecule has 2 aliphatic carbocycles. The molecule has 2 fully saturated rings. The highest BCUT2D eigenvalue weighted by Crippen LogP contribution is 2.57. The van der Waals surface area contributed by atoms with Crippen LogP contribution >= 0.6 is 0 Å². The van der Waals surface area contributed by atoms with Crippen LogP contribution in [0.2, 0.25) is 0 Å². The van der Waals surface area contributed by atoms with Crippen molar-refractivity contribution in [2.45, 2.75) is 32.6 Å². The van der Waals surface area contributed by atoms with E-state index in [1.165, 1.54) is 19.3 Å². The number of nitrogens with zero attached hydrogens (tertiary/aromatic N) is 1. The van der Waals surface area contributed by atoms with Crippen LogP contribution in [0, 0.1) is 17.8 Å². The van der Waals surface area contributed by atoms with Crippen LogP contribution in [-0.2, 0) is 11.2 Å². The maximum absolute atomic E-state index is 12.0. The van der Waals surface area contributed by atoms with E-state index >= 15 is 0 Å². The highest BCUT2D eigenvalue weighted by atomic mass is 16.2. The summed E-state index contributed by atoms with van der Waals surface area (Å²) < 4.78 is 0. The third kappa shape index (κ3) is 1.44. The number of aromatic amines is 1. The van der Waals surface area contributed by atoms with Crippen molar-refractivity contribution in [1.82, 2.24) is 10.2 Å². The largest absolute Gasteiger partial charge is 0.311 e. The summed E-state index contributed by atoms with van der Waals surface area (Å²) >= 11 is 0. The molecule has 2 aliphatic rings. The lowest BCUT2D eigenvalue weighted by Gasteiger charge is -2.05. The van der Waals surface area contributed by atoms with E-state index in [1.54, 1.807) is 6.20 Å². The first kappa shape index (κ1) is 9.87. The van der Waals surface area contributed by atoms with Crippen LogP contribution in [-0.4, -0.2) is 16.1 Å². The third-order valence-electron chi connectivity index (χ3n) is 4.06. The molecule has 2 saturated carbocycles. The van der Waals surface area contributed by atoms with E-state index in [0.717, 1.165) is 17.8 Å². The number of amides is 1. The van der Waals surface area contributed by atoms with Gasteiger partial charge in [-0.15, -0.1) is 0 Å². The maximum atomic E-state index is 12.0. The van der Waals surface area contributed by atoms with Gasteiger partial charge in [-0.05, 0) is 31.1 Å². The Morgan fingerprint density at radius 3 is 3.00 bits per heavy atom. The lowest BCUT2D eigenvalue weighted by atomic mass is 10.1. The molecule has 0 bridgehead atoms. The van der Waals surface area contributed by atoms with Gasteiger partial charge in [0.05, 0.1) is 6.20 Å². The highest BCUT2D eigenvalue weighted by Gasteiger charge is 2.56. The molecule has 0 radical (unpaired) electrons. The Morgan fingerprint density at radius 2 is 2.31 bits per heavy atom. The molecular weight excluding hydrogens is 202 g/mol. The number of hydrogen-bond donors (Lipinski definition) is 2. The fraction of sp³-hybridized carbons (Fsp3) is 0.667. The Labute approximate surface area is 94.8 Å². The van der Waals surface area contributed by atoms with E-state index < -0.39 is 0 Å². The standard InChI is InChI=1S/C12H17N3O/c1-2-7-6-13-15-11(7)14-12(16)10-8-4-3-5-9(8)10/h6,8-10H,2-5H2,1H3,(H2,13,14,15,16). The van der Waals surface area contributed by atoms with Gasteiger partial charge in [-0.2, -0.15) is 5.10 Å². The first-order valence-corrected chi connectivity index (χ1v) is 6.14. The number of rotatable bonds is 3. The molecule has 4 heteroatoms. The van der Waals surface area contributed by atoms with Crippen molar-refractivity contribution in [1.29, 1.82) is 0 Å². The van der Waals surface area contributed by atoms with Crippen molar-refractivity contribution in [3.05, 3.63) is 11.8 Å². The zero-order chi connectivity index (χ0) is 11.1. The van der Waals surface area contributed by atoms with E-state index in [4.69, 9.17) is 0 Å². The minimum absolute atomic E-state index is 0.189. The monoisotopic (exact) mass is 219 g/mol. The van der Waals surface area contributed by atoms with Crippen LogP contribution in [0.25, 0.3) is 0 Å². The number of aromatic nitrogens is 2.